The zero-order chi connectivity index (χ0) is 26.6. The van der Waals surface area contributed by atoms with E-state index in [9.17, 15) is 4.79 Å². The van der Waals surface area contributed by atoms with Crippen LogP contribution >= 0.6 is 0 Å². The predicted octanol–water partition coefficient (Wildman–Crippen LogP) is 6.73. The first kappa shape index (κ1) is 27.4. The van der Waals surface area contributed by atoms with Crippen LogP contribution in [0.15, 0.2) is 45.6 Å². The SMILES string of the molecule is C[Si](C)(C)CCOCOc1ccc2c(c1)OCc1c-2c(=O)oc2cc(OCOCC[Si](C)(C)C)ccc12. The summed E-state index contributed by atoms with van der Waals surface area (Å²) in [6.45, 7) is 15.9. The van der Waals surface area contributed by atoms with E-state index in [4.69, 9.17) is 28.1 Å². The molecule has 0 saturated carbocycles. The van der Waals surface area contributed by atoms with Crippen LogP contribution in [0.3, 0.4) is 0 Å². The number of fused-ring (bicyclic) bond motifs is 5. The van der Waals surface area contributed by atoms with Crippen LogP contribution in [0.4, 0.5) is 0 Å². The van der Waals surface area contributed by atoms with Crippen LogP contribution < -0.4 is 19.8 Å². The van der Waals surface area contributed by atoms with Crippen molar-refractivity contribution in [2.45, 2.75) is 58.0 Å². The first-order chi connectivity index (χ1) is 17.5. The van der Waals surface area contributed by atoms with Crippen molar-refractivity contribution in [2.75, 3.05) is 26.8 Å². The molecule has 4 rings (SSSR count). The average molecular weight is 543 g/mol. The molecule has 0 saturated heterocycles. The smallest absolute Gasteiger partial charge is 0.344 e. The second kappa shape index (κ2) is 11.4. The van der Waals surface area contributed by atoms with E-state index in [1.807, 2.05) is 24.3 Å². The molecule has 2 aromatic carbocycles. The Labute approximate surface area is 220 Å². The molecular formula is C28H38O7Si2. The molecule has 0 aliphatic carbocycles. The minimum absolute atomic E-state index is 0.162. The van der Waals surface area contributed by atoms with Crippen LogP contribution in [0, 0.1) is 0 Å². The molecule has 1 aliphatic heterocycles. The van der Waals surface area contributed by atoms with Crippen molar-refractivity contribution in [2.24, 2.45) is 0 Å². The first-order valence-corrected chi connectivity index (χ1v) is 20.2. The van der Waals surface area contributed by atoms with Crippen LogP contribution in [-0.2, 0) is 16.1 Å². The maximum absolute atomic E-state index is 13.0. The molecule has 200 valence electrons. The van der Waals surface area contributed by atoms with Gasteiger partial charge in [-0.3, -0.25) is 0 Å². The quantitative estimate of drug-likeness (QED) is 0.109. The number of rotatable bonds is 12. The molecule has 7 nitrogen and oxygen atoms in total. The summed E-state index contributed by atoms with van der Waals surface area (Å²) in [5.41, 5.74) is 2.08. The Bertz CT molecular complexity index is 1290. The van der Waals surface area contributed by atoms with Crippen LogP contribution in [0.2, 0.25) is 51.4 Å². The molecule has 0 unspecified atom stereocenters. The molecule has 0 bridgehead atoms. The molecular weight excluding hydrogens is 504 g/mol. The van der Waals surface area contributed by atoms with Gasteiger partial charge in [-0.15, -0.1) is 0 Å². The molecule has 0 N–H and O–H groups in total. The minimum atomic E-state index is -1.14. The lowest BCUT2D eigenvalue weighted by Crippen LogP contribution is -2.22. The topological polar surface area (TPSA) is 76.4 Å². The number of hydrogen-bond acceptors (Lipinski definition) is 7. The molecule has 37 heavy (non-hydrogen) atoms. The molecule has 0 fully saturated rings. The fourth-order valence-electron chi connectivity index (χ4n) is 3.92. The van der Waals surface area contributed by atoms with Crippen LogP contribution in [-0.4, -0.2) is 42.9 Å². The van der Waals surface area contributed by atoms with Crippen molar-refractivity contribution < 1.29 is 28.1 Å². The zero-order valence-electron chi connectivity index (χ0n) is 22.8. The Morgan fingerprint density at radius 3 is 2.03 bits per heavy atom. The normalized spacial score (nSPS) is 13.1. The second-order valence-corrected chi connectivity index (χ2v) is 23.1. The van der Waals surface area contributed by atoms with Gasteiger partial charge in [0.15, 0.2) is 13.6 Å². The van der Waals surface area contributed by atoms with Crippen molar-refractivity contribution in [3.63, 3.8) is 0 Å². The molecule has 0 spiro atoms. The van der Waals surface area contributed by atoms with E-state index in [2.05, 4.69) is 39.3 Å². The van der Waals surface area contributed by atoms with Gasteiger partial charge >= 0.3 is 5.63 Å². The van der Waals surface area contributed by atoms with Crippen molar-refractivity contribution >= 4 is 27.1 Å². The lowest BCUT2D eigenvalue weighted by molar-refractivity contribution is 0.0217. The highest BCUT2D eigenvalue weighted by molar-refractivity contribution is 6.76. The molecule has 0 amide bonds. The summed E-state index contributed by atoms with van der Waals surface area (Å²) in [6, 6.07) is 13.1. The fraction of sp³-hybridized carbons (Fsp3) is 0.464. The summed E-state index contributed by atoms with van der Waals surface area (Å²) in [4.78, 5) is 13.0. The van der Waals surface area contributed by atoms with Gasteiger partial charge in [0, 0.05) is 58.0 Å². The molecule has 1 aliphatic rings. The van der Waals surface area contributed by atoms with Gasteiger partial charge < -0.3 is 28.1 Å². The fourth-order valence-corrected chi connectivity index (χ4v) is 5.43. The van der Waals surface area contributed by atoms with E-state index in [0.29, 0.717) is 47.2 Å². The third-order valence-corrected chi connectivity index (χ3v) is 9.60. The summed E-state index contributed by atoms with van der Waals surface area (Å²) in [5, 5.41) is 0.823. The van der Waals surface area contributed by atoms with E-state index >= 15 is 0 Å². The third-order valence-electron chi connectivity index (χ3n) is 6.19. The Kier molecular flexibility index (Phi) is 8.47. The van der Waals surface area contributed by atoms with E-state index in [1.165, 1.54) is 0 Å². The monoisotopic (exact) mass is 542 g/mol. The molecule has 1 aromatic heterocycles. The van der Waals surface area contributed by atoms with Crippen molar-refractivity contribution in [1.29, 1.82) is 0 Å². The highest BCUT2D eigenvalue weighted by Crippen LogP contribution is 2.40. The van der Waals surface area contributed by atoms with Crippen molar-refractivity contribution in [3.8, 4) is 28.4 Å². The van der Waals surface area contributed by atoms with Crippen molar-refractivity contribution in [1.82, 2.24) is 0 Å². The zero-order valence-corrected chi connectivity index (χ0v) is 24.8. The highest BCUT2D eigenvalue weighted by atomic mass is 28.3. The third kappa shape index (κ3) is 7.47. The molecule has 0 atom stereocenters. The molecule has 3 aromatic rings. The summed E-state index contributed by atoms with van der Waals surface area (Å²) < 4.78 is 34.5. The Balaban J connectivity index is 1.44. The molecule has 9 heteroatoms. The molecule has 0 radical (unpaired) electrons. The minimum Gasteiger partial charge on any atom is -0.488 e. The van der Waals surface area contributed by atoms with Gasteiger partial charge in [-0.05, 0) is 36.4 Å². The van der Waals surface area contributed by atoms with Gasteiger partial charge in [0.1, 0.15) is 29.4 Å². The first-order valence-electron chi connectivity index (χ1n) is 12.8. The lowest BCUT2D eigenvalue weighted by atomic mass is 9.96. The number of benzene rings is 2. The van der Waals surface area contributed by atoms with Crippen LogP contribution in [0.1, 0.15) is 5.56 Å². The van der Waals surface area contributed by atoms with Gasteiger partial charge in [0.25, 0.3) is 0 Å². The predicted molar refractivity (Wildman–Crippen MR) is 151 cm³/mol. The average Bonchev–Trinajstić information content (AvgIpc) is 2.81. The standard InChI is InChI=1S/C28H38O7Si2/c1-36(2,3)13-11-30-18-33-20-8-10-23-25(15-20)32-17-24-22-9-7-21(16-26(22)35-28(29)27(23)24)34-19-31-12-14-37(4,5)6/h7-10,15-16H,11-14,17-19H2,1-6H3. The van der Waals surface area contributed by atoms with Gasteiger partial charge in [-0.25, -0.2) is 4.79 Å². The Morgan fingerprint density at radius 1 is 0.811 bits per heavy atom. The summed E-state index contributed by atoms with van der Waals surface area (Å²) in [5.74, 6) is 1.82. The van der Waals surface area contributed by atoms with E-state index in [-0.39, 0.29) is 20.2 Å². The summed E-state index contributed by atoms with van der Waals surface area (Å²) in [6.07, 6.45) is 0. The number of hydrogen-bond donors (Lipinski definition) is 0. The van der Waals surface area contributed by atoms with Crippen molar-refractivity contribution in [3.05, 3.63) is 52.4 Å². The largest absolute Gasteiger partial charge is 0.488 e. The van der Waals surface area contributed by atoms with Crippen LogP contribution in [0.25, 0.3) is 22.1 Å². The maximum atomic E-state index is 13.0. The van der Waals surface area contributed by atoms with Gasteiger partial charge in [0.05, 0.1) is 5.56 Å². The van der Waals surface area contributed by atoms with E-state index in [0.717, 1.165) is 23.0 Å². The van der Waals surface area contributed by atoms with Crippen LogP contribution in [0.5, 0.6) is 17.2 Å². The maximum Gasteiger partial charge on any atom is 0.344 e. The summed E-state index contributed by atoms with van der Waals surface area (Å²) >= 11 is 0. The second-order valence-electron chi connectivity index (χ2n) is 11.8. The Hall–Kier alpha value is -2.60. The Morgan fingerprint density at radius 2 is 1.41 bits per heavy atom. The van der Waals surface area contributed by atoms with Gasteiger partial charge in [-0.2, -0.15) is 0 Å². The summed E-state index contributed by atoms with van der Waals surface area (Å²) in [7, 11) is -2.27. The van der Waals surface area contributed by atoms with Gasteiger partial charge in [0.2, 0.25) is 0 Å². The highest BCUT2D eigenvalue weighted by Gasteiger charge is 2.25. The van der Waals surface area contributed by atoms with E-state index in [1.54, 1.807) is 12.1 Å². The van der Waals surface area contributed by atoms with E-state index < -0.39 is 21.8 Å². The number of ether oxygens (including phenoxy) is 5. The van der Waals surface area contributed by atoms with Gasteiger partial charge in [-0.1, -0.05) is 39.3 Å². The molecule has 2 heterocycles. The lowest BCUT2D eigenvalue weighted by Gasteiger charge is -2.22.